The van der Waals surface area contributed by atoms with Crippen molar-refractivity contribution in [3.63, 3.8) is 0 Å². The van der Waals surface area contributed by atoms with Crippen molar-refractivity contribution in [1.29, 1.82) is 0 Å². The molecule has 4 N–H and O–H groups in total. The molecule has 0 heterocycles. The van der Waals surface area contributed by atoms with Gasteiger partial charge in [-0.05, 0) is 37.0 Å². The Morgan fingerprint density at radius 3 is 2.20 bits per heavy atom. The van der Waals surface area contributed by atoms with E-state index in [-0.39, 0.29) is 0 Å². The zero-order valence-electron chi connectivity index (χ0n) is 10.8. The normalized spacial score (nSPS) is 28.0. The van der Waals surface area contributed by atoms with E-state index in [0.717, 1.165) is 25.0 Å². The summed E-state index contributed by atoms with van der Waals surface area (Å²) in [6, 6.07) is 0.787. The van der Waals surface area contributed by atoms with Gasteiger partial charge in [0.15, 0.2) is 0 Å². The number of hydrogen-bond acceptors (Lipinski definition) is 1. The van der Waals surface area contributed by atoms with Gasteiger partial charge in [-0.2, -0.15) is 0 Å². The van der Waals surface area contributed by atoms with Gasteiger partial charge in [-0.15, -0.1) is 0 Å². The van der Waals surface area contributed by atoms with Crippen molar-refractivity contribution in [2.45, 2.75) is 58.9 Å². The summed E-state index contributed by atoms with van der Waals surface area (Å²) in [6.07, 6.45) is 6.79. The molecule has 0 aromatic rings. The second-order valence-electron chi connectivity index (χ2n) is 6.08. The molecule has 2 heteroatoms. The third kappa shape index (κ3) is 4.52. The van der Waals surface area contributed by atoms with Crippen molar-refractivity contribution >= 4 is 0 Å². The lowest BCUT2D eigenvalue weighted by molar-refractivity contribution is -0.367. The minimum absolute atomic E-state index is 0.512. The van der Waals surface area contributed by atoms with Crippen LogP contribution >= 0.6 is 0 Å². The molecule has 1 aliphatic rings. The zero-order valence-corrected chi connectivity index (χ0v) is 10.8. The Balaban J connectivity index is 2.18. The first-order valence-electron chi connectivity index (χ1n) is 6.56. The molecule has 15 heavy (non-hydrogen) atoms. The van der Waals surface area contributed by atoms with Crippen LogP contribution in [0.25, 0.3) is 0 Å². The van der Waals surface area contributed by atoms with Crippen LogP contribution in [0.2, 0.25) is 0 Å². The van der Waals surface area contributed by atoms with Gasteiger partial charge in [0.1, 0.15) is 0 Å². The minimum atomic E-state index is 0.512. The molecular weight excluding hydrogens is 184 g/mol. The van der Waals surface area contributed by atoms with Gasteiger partial charge in [-0.25, -0.2) is 0 Å². The number of quaternary nitrogens is 1. The maximum atomic E-state index is 3.87. The molecule has 1 rings (SSSR count). The first-order valence-corrected chi connectivity index (χ1v) is 6.56. The Hall–Kier alpha value is -0.0800. The summed E-state index contributed by atoms with van der Waals surface area (Å²) < 4.78 is 0. The molecule has 0 radical (unpaired) electrons. The Kier molecular flexibility index (Phi) is 5.07. The molecule has 0 spiro atoms. The molecule has 0 unspecified atom stereocenters. The van der Waals surface area contributed by atoms with Crippen LogP contribution in [0.15, 0.2) is 0 Å². The largest absolute Gasteiger partial charge is 0.358 e. The van der Waals surface area contributed by atoms with Crippen LogP contribution in [0, 0.1) is 11.3 Å². The summed E-state index contributed by atoms with van der Waals surface area (Å²) in [5.74, 6) is 0.934. The average Bonchev–Trinajstić information content (AvgIpc) is 2.18. The van der Waals surface area contributed by atoms with E-state index >= 15 is 0 Å². The highest BCUT2D eigenvalue weighted by Gasteiger charge is 2.29. The van der Waals surface area contributed by atoms with Gasteiger partial charge in [-0.1, -0.05) is 20.8 Å². The lowest BCUT2D eigenvalue weighted by Crippen LogP contribution is -2.51. The van der Waals surface area contributed by atoms with E-state index in [2.05, 4.69) is 31.8 Å². The van der Waals surface area contributed by atoms with E-state index in [1.165, 1.54) is 32.1 Å². The van der Waals surface area contributed by atoms with Crippen molar-refractivity contribution < 1.29 is 5.73 Å². The summed E-state index contributed by atoms with van der Waals surface area (Å²) in [6.45, 7) is 9.37. The lowest BCUT2D eigenvalue weighted by Gasteiger charge is -2.37. The quantitative estimate of drug-likeness (QED) is 0.687. The number of rotatable bonds is 4. The van der Waals surface area contributed by atoms with Crippen molar-refractivity contribution in [3.8, 4) is 0 Å². The second-order valence-corrected chi connectivity index (χ2v) is 6.08. The van der Waals surface area contributed by atoms with E-state index in [4.69, 9.17) is 0 Å². The summed E-state index contributed by atoms with van der Waals surface area (Å²) >= 11 is 0. The zero-order chi connectivity index (χ0) is 11.3. The van der Waals surface area contributed by atoms with Gasteiger partial charge in [0.2, 0.25) is 0 Å². The van der Waals surface area contributed by atoms with Crippen molar-refractivity contribution in [1.82, 2.24) is 5.32 Å². The Labute approximate surface area is 95.0 Å². The predicted octanol–water partition coefficient (Wildman–Crippen LogP) is 1.81. The van der Waals surface area contributed by atoms with Gasteiger partial charge < -0.3 is 11.1 Å². The fraction of sp³-hybridized carbons (Fsp3) is 1.00. The molecule has 0 amide bonds. The van der Waals surface area contributed by atoms with E-state index in [0.29, 0.717) is 5.41 Å². The summed E-state index contributed by atoms with van der Waals surface area (Å²) in [7, 11) is 0. The highest BCUT2D eigenvalue weighted by atomic mass is 14.9. The second kappa shape index (κ2) is 5.86. The molecule has 1 saturated carbocycles. The van der Waals surface area contributed by atoms with Gasteiger partial charge in [0.25, 0.3) is 0 Å². The van der Waals surface area contributed by atoms with Gasteiger partial charge in [-0.3, -0.25) is 0 Å². The van der Waals surface area contributed by atoms with Gasteiger partial charge in [0.05, 0.1) is 6.54 Å². The lowest BCUT2D eigenvalue weighted by atomic mass is 9.71. The average molecular weight is 213 g/mol. The smallest absolute Gasteiger partial charge is 0.0752 e. The first kappa shape index (κ1) is 13.0. The van der Waals surface area contributed by atoms with Gasteiger partial charge >= 0.3 is 0 Å². The fourth-order valence-electron chi connectivity index (χ4n) is 2.59. The van der Waals surface area contributed by atoms with Crippen LogP contribution in [0.4, 0.5) is 0 Å². The first-order chi connectivity index (χ1) is 7.04. The van der Waals surface area contributed by atoms with Crippen LogP contribution in [-0.4, -0.2) is 19.1 Å². The standard InChI is InChI=1S/C13H28N2/c1-13(2,3)11-5-7-12(8-6-11)15-10-4-9-14/h11-12,15H,4-10,14H2,1-3H3/p+1. The number of nitrogens with one attached hydrogen (secondary N) is 1. The Bertz CT molecular complexity index is 164. The molecule has 0 aromatic heterocycles. The van der Waals surface area contributed by atoms with Crippen molar-refractivity contribution in [2.75, 3.05) is 13.1 Å². The maximum Gasteiger partial charge on any atom is 0.0752 e. The van der Waals surface area contributed by atoms with Crippen LogP contribution < -0.4 is 11.1 Å². The Morgan fingerprint density at radius 2 is 1.73 bits per heavy atom. The monoisotopic (exact) mass is 213 g/mol. The molecule has 0 aliphatic heterocycles. The molecule has 1 aliphatic carbocycles. The SMILES string of the molecule is CC(C)(C)C1CCC(NCCC[NH3+])CC1. The molecule has 2 nitrogen and oxygen atoms in total. The van der Waals surface area contributed by atoms with Crippen molar-refractivity contribution in [3.05, 3.63) is 0 Å². The van der Waals surface area contributed by atoms with Crippen LogP contribution in [0.5, 0.6) is 0 Å². The van der Waals surface area contributed by atoms with E-state index in [1.807, 2.05) is 0 Å². The van der Waals surface area contributed by atoms with E-state index in [1.54, 1.807) is 0 Å². The Morgan fingerprint density at radius 1 is 1.13 bits per heavy atom. The summed E-state index contributed by atoms with van der Waals surface area (Å²) in [5.41, 5.74) is 4.38. The van der Waals surface area contributed by atoms with Crippen LogP contribution in [-0.2, 0) is 0 Å². The maximum absolute atomic E-state index is 3.87. The molecule has 0 bridgehead atoms. The molecule has 90 valence electrons. The molecule has 1 fully saturated rings. The topological polar surface area (TPSA) is 39.7 Å². The van der Waals surface area contributed by atoms with E-state index < -0.39 is 0 Å². The number of hydrogen-bond donors (Lipinski definition) is 2. The molecule has 0 saturated heterocycles. The van der Waals surface area contributed by atoms with Crippen LogP contribution in [0.3, 0.4) is 0 Å². The highest BCUT2D eigenvalue weighted by molar-refractivity contribution is 4.83. The minimum Gasteiger partial charge on any atom is -0.358 e. The highest BCUT2D eigenvalue weighted by Crippen LogP contribution is 2.37. The molecule has 0 aromatic carbocycles. The van der Waals surface area contributed by atoms with Gasteiger partial charge in [0, 0.05) is 19.0 Å². The van der Waals surface area contributed by atoms with Crippen molar-refractivity contribution in [2.24, 2.45) is 11.3 Å². The third-order valence-corrected chi connectivity index (χ3v) is 3.81. The molecular formula is C13H29N2+. The predicted molar refractivity (Wildman–Crippen MR) is 65.6 cm³/mol. The third-order valence-electron chi connectivity index (χ3n) is 3.81. The van der Waals surface area contributed by atoms with E-state index in [9.17, 15) is 0 Å². The fourth-order valence-corrected chi connectivity index (χ4v) is 2.59. The summed E-state index contributed by atoms with van der Waals surface area (Å²) in [4.78, 5) is 0. The van der Waals surface area contributed by atoms with Crippen LogP contribution in [0.1, 0.15) is 52.9 Å². The molecule has 0 atom stereocenters. The summed E-state index contributed by atoms with van der Waals surface area (Å²) in [5, 5.41) is 3.65.